The monoisotopic (exact) mass is 326 g/mol. The topological polar surface area (TPSA) is 60.9 Å². The summed E-state index contributed by atoms with van der Waals surface area (Å²) in [4.78, 5) is 27.2. The number of carboxylic acids is 1. The van der Waals surface area contributed by atoms with E-state index in [4.69, 9.17) is 5.11 Å². The van der Waals surface area contributed by atoms with Crippen molar-refractivity contribution in [1.82, 2.24) is 4.90 Å². The van der Waals surface area contributed by atoms with Gasteiger partial charge in [-0.1, -0.05) is 18.2 Å². The third-order valence-electron chi connectivity index (χ3n) is 3.80. The molecule has 2 rings (SSSR count). The molecule has 0 radical (unpaired) electrons. The number of likely N-dealkylation sites (tertiary alicyclic amines) is 1. The lowest BCUT2D eigenvalue weighted by molar-refractivity contribution is -0.141. The first-order valence-electron chi connectivity index (χ1n) is 7.31. The molecular formula is C16H23ClN2O3. The molecule has 1 aromatic rings. The van der Waals surface area contributed by atoms with Gasteiger partial charge in [0.25, 0.3) is 0 Å². The van der Waals surface area contributed by atoms with Gasteiger partial charge in [0.1, 0.15) is 0 Å². The Morgan fingerprint density at radius 1 is 1.32 bits per heavy atom. The van der Waals surface area contributed by atoms with Crippen molar-refractivity contribution >= 4 is 30.0 Å². The summed E-state index contributed by atoms with van der Waals surface area (Å²) in [5.41, 5.74) is 0.881. The Morgan fingerprint density at radius 3 is 2.45 bits per heavy atom. The van der Waals surface area contributed by atoms with Crippen LogP contribution in [0.2, 0.25) is 0 Å². The maximum atomic E-state index is 12.6. The fourth-order valence-electron chi connectivity index (χ4n) is 2.76. The Kier molecular flexibility index (Phi) is 6.84. The van der Waals surface area contributed by atoms with Gasteiger partial charge in [-0.05, 0) is 38.9 Å². The van der Waals surface area contributed by atoms with Crippen LogP contribution in [0.1, 0.15) is 20.3 Å². The van der Waals surface area contributed by atoms with Crippen molar-refractivity contribution in [2.24, 2.45) is 5.92 Å². The second kappa shape index (κ2) is 8.15. The molecule has 0 aliphatic carbocycles. The molecule has 122 valence electrons. The predicted octanol–water partition coefficient (Wildman–Crippen LogP) is 2.26. The molecule has 1 aliphatic heterocycles. The van der Waals surface area contributed by atoms with E-state index in [2.05, 4.69) is 0 Å². The number of aliphatic carboxylic acids is 1. The first kappa shape index (κ1) is 18.5. The van der Waals surface area contributed by atoms with Crippen LogP contribution < -0.4 is 4.90 Å². The molecule has 1 amide bonds. The van der Waals surface area contributed by atoms with Gasteiger partial charge < -0.3 is 10.0 Å². The molecule has 6 heteroatoms. The van der Waals surface area contributed by atoms with Gasteiger partial charge in [-0.25, -0.2) is 0 Å². The fraction of sp³-hybridized carbons (Fsp3) is 0.500. The average Bonchev–Trinajstić information content (AvgIpc) is 2.88. The maximum Gasteiger partial charge on any atom is 0.307 e. The van der Waals surface area contributed by atoms with Gasteiger partial charge in [-0.15, -0.1) is 12.4 Å². The highest BCUT2D eigenvalue weighted by atomic mass is 35.5. The highest BCUT2D eigenvalue weighted by molar-refractivity contribution is 5.95. The van der Waals surface area contributed by atoms with E-state index in [-0.39, 0.29) is 36.8 Å². The fourth-order valence-corrected chi connectivity index (χ4v) is 2.76. The zero-order valence-electron chi connectivity index (χ0n) is 12.9. The predicted molar refractivity (Wildman–Crippen MR) is 88.5 cm³/mol. The van der Waals surface area contributed by atoms with Crippen LogP contribution in [0.25, 0.3) is 0 Å². The first-order chi connectivity index (χ1) is 9.99. The zero-order chi connectivity index (χ0) is 15.4. The number of amides is 1. The number of carboxylic acid groups (broad SMARTS) is 1. The summed E-state index contributed by atoms with van der Waals surface area (Å²) in [6.07, 6.45) is 0.621. The van der Waals surface area contributed by atoms with Crippen LogP contribution in [0.15, 0.2) is 30.3 Å². The lowest BCUT2D eigenvalue weighted by Gasteiger charge is -2.29. The number of hydrogen-bond acceptors (Lipinski definition) is 3. The van der Waals surface area contributed by atoms with Crippen molar-refractivity contribution in [2.45, 2.75) is 26.3 Å². The smallest absolute Gasteiger partial charge is 0.307 e. The molecule has 1 aromatic carbocycles. The molecule has 1 aliphatic rings. The molecule has 1 heterocycles. The quantitative estimate of drug-likeness (QED) is 0.901. The summed E-state index contributed by atoms with van der Waals surface area (Å²) in [5, 5.41) is 9.02. The van der Waals surface area contributed by atoms with E-state index < -0.39 is 5.97 Å². The number of para-hydroxylation sites is 1. The van der Waals surface area contributed by atoms with Gasteiger partial charge in [0.2, 0.25) is 5.91 Å². The van der Waals surface area contributed by atoms with E-state index in [0.717, 1.165) is 5.69 Å². The van der Waals surface area contributed by atoms with Crippen molar-refractivity contribution in [1.29, 1.82) is 0 Å². The summed E-state index contributed by atoms with van der Waals surface area (Å²) < 4.78 is 0. The summed E-state index contributed by atoms with van der Waals surface area (Å²) in [7, 11) is 0. The standard InChI is InChI=1S/C16H22N2O3.ClH/c1-12(2)18(14-6-4-3-5-7-14)15(19)11-17-9-8-13(10-17)16(20)21;/h3-7,12-13H,8-11H2,1-2H3,(H,20,21);1H. The van der Waals surface area contributed by atoms with Crippen molar-refractivity contribution < 1.29 is 14.7 Å². The van der Waals surface area contributed by atoms with Crippen LogP contribution >= 0.6 is 12.4 Å². The summed E-state index contributed by atoms with van der Waals surface area (Å²) in [6.45, 7) is 5.37. The van der Waals surface area contributed by atoms with Crippen LogP contribution in [-0.2, 0) is 9.59 Å². The molecule has 5 nitrogen and oxygen atoms in total. The third kappa shape index (κ3) is 4.45. The second-order valence-electron chi connectivity index (χ2n) is 5.75. The lowest BCUT2D eigenvalue weighted by atomic mass is 10.1. The Bertz CT molecular complexity index is 507. The van der Waals surface area contributed by atoms with E-state index in [0.29, 0.717) is 19.5 Å². The molecule has 22 heavy (non-hydrogen) atoms. The van der Waals surface area contributed by atoms with Gasteiger partial charge in [0.15, 0.2) is 0 Å². The maximum absolute atomic E-state index is 12.6. The van der Waals surface area contributed by atoms with Crippen LogP contribution in [0.3, 0.4) is 0 Å². The number of anilines is 1. The van der Waals surface area contributed by atoms with E-state index in [1.807, 2.05) is 49.1 Å². The van der Waals surface area contributed by atoms with Crippen LogP contribution in [0.4, 0.5) is 5.69 Å². The van der Waals surface area contributed by atoms with Crippen molar-refractivity contribution in [3.63, 3.8) is 0 Å². The van der Waals surface area contributed by atoms with Crippen LogP contribution in [0.5, 0.6) is 0 Å². The Balaban J connectivity index is 0.00000242. The van der Waals surface area contributed by atoms with E-state index in [9.17, 15) is 9.59 Å². The van der Waals surface area contributed by atoms with Crippen LogP contribution in [0, 0.1) is 5.92 Å². The molecule has 0 bridgehead atoms. The zero-order valence-corrected chi connectivity index (χ0v) is 13.8. The van der Waals surface area contributed by atoms with Crippen molar-refractivity contribution in [3.05, 3.63) is 30.3 Å². The summed E-state index contributed by atoms with van der Waals surface area (Å²) >= 11 is 0. The molecule has 1 atom stereocenters. The number of halogens is 1. The number of benzene rings is 1. The van der Waals surface area contributed by atoms with E-state index >= 15 is 0 Å². The molecule has 1 unspecified atom stereocenters. The number of carbonyl (C=O) groups excluding carboxylic acids is 1. The van der Waals surface area contributed by atoms with Gasteiger partial charge in [-0.3, -0.25) is 14.5 Å². The third-order valence-corrected chi connectivity index (χ3v) is 3.80. The number of hydrogen-bond donors (Lipinski definition) is 1. The SMILES string of the molecule is CC(C)N(C(=O)CN1CCC(C(=O)O)C1)c1ccccc1.Cl. The molecule has 0 saturated carbocycles. The van der Waals surface area contributed by atoms with Gasteiger partial charge in [-0.2, -0.15) is 0 Å². The molecular weight excluding hydrogens is 304 g/mol. The minimum Gasteiger partial charge on any atom is -0.481 e. The molecule has 1 N–H and O–H groups in total. The van der Waals surface area contributed by atoms with Gasteiger partial charge >= 0.3 is 5.97 Å². The van der Waals surface area contributed by atoms with Gasteiger partial charge in [0, 0.05) is 18.3 Å². The minimum absolute atomic E-state index is 0. The minimum atomic E-state index is -0.770. The normalized spacial score (nSPS) is 18.0. The average molecular weight is 327 g/mol. The van der Waals surface area contributed by atoms with Crippen LogP contribution in [-0.4, -0.2) is 47.6 Å². The van der Waals surface area contributed by atoms with Gasteiger partial charge in [0.05, 0.1) is 12.5 Å². The van der Waals surface area contributed by atoms with Crippen molar-refractivity contribution in [2.75, 3.05) is 24.5 Å². The largest absolute Gasteiger partial charge is 0.481 e. The number of rotatable bonds is 5. The Morgan fingerprint density at radius 2 is 1.95 bits per heavy atom. The second-order valence-corrected chi connectivity index (χ2v) is 5.75. The Hall–Kier alpha value is -1.59. The van der Waals surface area contributed by atoms with E-state index in [1.165, 1.54) is 0 Å². The summed E-state index contributed by atoms with van der Waals surface area (Å²) in [6, 6.07) is 9.65. The Labute approximate surface area is 137 Å². The first-order valence-corrected chi connectivity index (χ1v) is 7.31. The summed E-state index contributed by atoms with van der Waals surface area (Å²) in [5.74, 6) is -1.10. The highest BCUT2D eigenvalue weighted by Gasteiger charge is 2.30. The van der Waals surface area contributed by atoms with E-state index in [1.54, 1.807) is 4.90 Å². The number of nitrogens with zero attached hydrogens (tertiary/aromatic N) is 2. The molecule has 1 saturated heterocycles. The van der Waals surface area contributed by atoms with Crippen molar-refractivity contribution in [3.8, 4) is 0 Å². The lowest BCUT2D eigenvalue weighted by Crippen LogP contribution is -2.43. The molecule has 0 aromatic heterocycles. The number of carbonyl (C=O) groups is 2. The molecule has 1 fully saturated rings. The highest BCUT2D eigenvalue weighted by Crippen LogP contribution is 2.20. The molecule has 0 spiro atoms.